The summed E-state index contributed by atoms with van der Waals surface area (Å²) in [6.07, 6.45) is 2.39. The van der Waals surface area contributed by atoms with Gasteiger partial charge in [-0.2, -0.15) is 0 Å². The molecule has 0 radical (unpaired) electrons. The minimum absolute atomic E-state index is 0.111. The van der Waals surface area contributed by atoms with Gasteiger partial charge in [-0.15, -0.1) is 0 Å². The van der Waals surface area contributed by atoms with Crippen LogP contribution in [0.4, 0.5) is 11.5 Å². The van der Waals surface area contributed by atoms with E-state index in [-0.39, 0.29) is 11.3 Å². The fourth-order valence-corrected chi connectivity index (χ4v) is 1.52. The van der Waals surface area contributed by atoms with Gasteiger partial charge in [0.1, 0.15) is 5.82 Å². The van der Waals surface area contributed by atoms with Gasteiger partial charge in [-0.25, -0.2) is 9.78 Å². The zero-order chi connectivity index (χ0) is 12.1. The molecule has 3 N–H and O–H groups in total. The Morgan fingerprint density at radius 3 is 2.75 bits per heavy atom. The van der Waals surface area contributed by atoms with Gasteiger partial charge in [-0.05, 0) is 19.4 Å². The van der Waals surface area contributed by atoms with E-state index in [0.29, 0.717) is 5.82 Å². The van der Waals surface area contributed by atoms with Crippen molar-refractivity contribution in [3.05, 3.63) is 17.8 Å². The van der Waals surface area contributed by atoms with Crippen LogP contribution in [0.2, 0.25) is 0 Å². The number of carbonyl (C=O) groups is 1. The van der Waals surface area contributed by atoms with Crippen LogP contribution in [0.5, 0.6) is 0 Å². The number of anilines is 2. The highest BCUT2D eigenvalue weighted by Crippen LogP contribution is 2.18. The van der Waals surface area contributed by atoms with Crippen molar-refractivity contribution >= 4 is 17.5 Å². The second-order valence-electron chi connectivity index (χ2n) is 3.51. The lowest BCUT2D eigenvalue weighted by atomic mass is 10.2. The van der Waals surface area contributed by atoms with Gasteiger partial charge in [0.05, 0.1) is 17.4 Å². The lowest BCUT2D eigenvalue weighted by Gasteiger charge is -2.21. The van der Waals surface area contributed by atoms with Gasteiger partial charge in [0, 0.05) is 13.1 Å². The first-order valence-corrected chi connectivity index (χ1v) is 5.33. The van der Waals surface area contributed by atoms with E-state index in [1.165, 1.54) is 12.3 Å². The Hall–Kier alpha value is -1.78. The summed E-state index contributed by atoms with van der Waals surface area (Å²) in [5.74, 6) is -0.357. The number of hydrogen-bond donors (Lipinski definition) is 2. The normalized spacial score (nSPS) is 10.1. The number of nitrogen functional groups attached to an aromatic ring is 1. The Kier molecular flexibility index (Phi) is 4.10. The molecule has 0 atom stereocenters. The molecule has 0 unspecified atom stereocenters. The van der Waals surface area contributed by atoms with Crippen molar-refractivity contribution in [1.82, 2.24) is 4.98 Å². The highest BCUT2D eigenvalue weighted by Gasteiger charge is 2.12. The molecule has 0 aliphatic rings. The molecular weight excluding hydrogens is 206 g/mol. The van der Waals surface area contributed by atoms with Crippen LogP contribution in [-0.4, -0.2) is 29.1 Å². The second kappa shape index (κ2) is 5.34. The summed E-state index contributed by atoms with van der Waals surface area (Å²) in [5.41, 5.74) is 5.85. The molecule has 5 heteroatoms. The summed E-state index contributed by atoms with van der Waals surface area (Å²) >= 11 is 0. The average molecular weight is 223 g/mol. The summed E-state index contributed by atoms with van der Waals surface area (Å²) in [4.78, 5) is 17.1. The molecule has 88 valence electrons. The Morgan fingerprint density at radius 1 is 1.56 bits per heavy atom. The first-order valence-electron chi connectivity index (χ1n) is 5.33. The van der Waals surface area contributed by atoms with Gasteiger partial charge < -0.3 is 15.7 Å². The quantitative estimate of drug-likeness (QED) is 0.792. The van der Waals surface area contributed by atoms with Gasteiger partial charge in [-0.1, -0.05) is 6.92 Å². The number of rotatable bonds is 5. The monoisotopic (exact) mass is 223 g/mol. The van der Waals surface area contributed by atoms with Crippen LogP contribution in [0.3, 0.4) is 0 Å². The lowest BCUT2D eigenvalue weighted by molar-refractivity contribution is 0.0698. The molecule has 0 saturated carbocycles. The smallest absolute Gasteiger partial charge is 0.337 e. The fraction of sp³-hybridized carbons (Fsp3) is 0.455. The van der Waals surface area contributed by atoms with E-state index < -0.39 is 5.97 Å². The molecule has 0 fully saturated rings. The van der Waals surface area contributed by atoms with Crippen LogP contribution in [0, 0.1) is 0 Å². The Balaban J connectivity index is 3.05. The third-order valence-electron chi connectivity index (χ3n) is 2.35. The van der Waals surface area contributed by atoms with Gasteiger partial charge >= 0.3 is 5.97 Å². The van der Waals surface area contributed by atoms with Crippen LogP contribution in [-0.2, 0) is 0 Å². The Labute approximate surface area is 94.9 Å². The largest absolute Gasteiger partial charge is 0.478 e. The maximum Gasteiger partial charge on any atom is 0.337 e. The number of aromatic carboxylic acids is 1. The van der Waals surface area contributed by atoms with E-state index in [2.05, 4.69) is 11.9 Å². The summed E-state index contributed by atoms with van der Waals surface area (Å²) in [5, 5.41) is 8.95. The molecule has 0 saturated heterocycles. The van der Waals surface area contributed by atoms with Gasteiger partial charge in [-0.3, -0.25) is 0 Å². The van der Waals surface area contributed by atoms with Crippen molar-refractivity contribution in [3.63, 3.8) is 0 Å². The average Bonchev–Trinajstić information content (AvgIpc) is 2.26. The molecule has 16 heavy (non-hydrogen) atoms. The molecule has 0 spiro atoms. The first kappa shape index (κ1) is 12.3. The number of pyridine rings is 1. The first-order chi connectivity index (χ1) is 7.60. The van der Waals surface area contributed by atoms with E-state index in [4.69, 9.17) is 10.8 Å². The SMILES string of the molecule is CCCN(CC)c1cc(C(=O)O)c(N)cn1. The topological polar surface area (TPSA) is 79.5 Å². The van der Waals surface area contributed by atoms with Crippen LogP contribution < -0.4 is 10.6 Å². The third kappa shape index (κ3) is 2.62. The predicted octanol–water partition coefficient (Wildman–Crippen LogP) is 1.60. The predicted molar refractivity (Wildman–Crippen MR) is 63.8 cm³/mol. The van der Waals surface area contributed by atoms with Gasteiger partial charge in [0.25, 0.3) is 0 Å². The summed E-state index contributed by atoms with van der Waals surface area (Å²) in [6, 6.07) is 1.52. The van der Waals surface area contributed by atoms with Crippen molar-refractivity contribution < 1.29 is 9.90 Å². The van der Waals surface area contributed by atoms with Crippen LogP contribution in [0.1, 0.15) is 30.6 Å². The third-order valence-corrected chi connectivity index (χ3v) is 2.35. The number of hydrogen-bond acceptors (Lipinski definition) is 4. The van der Waals surface area contributed by atoms with E-state index >= 15 is 0 Å². The fourth-order valence-electron chi connectivity index (χ4n) is 1.52. The Morgan fingerprint density at radius 2 is 2.25 bits per heavy atom. The van der Waals surface area contributed by atoms with E-state index in [0.717, 1.165) is 19.5 Å². The molecular formula is C11H17N3O2. The molecule has 1 heterocycles. The summed E-state index contributed by atoms with van der Waals surface area (Å²) in [7, 11) is 0. The zero-order valence-corrected chi connectivity index (χ0v) is 9.60. The van der Waals surface area contributed by atoms with Crippen molar-refractivity contribution in [3.8, 4) is 0 Å². The standard InChI is InChI=1S/C11H17N3O2/c1-3-5-14(4-2)10-6-8(11(15)16)9(12)7-13-10/h6-7H,3-5,12H2,1-2H3,(H,15,16). The van der Waals surface area contributed by atoms with Crippen molar-refractivity contribution in [2.45, 2.75) is 20.3 Å². The number of aromatic nitrogens is 1. The number of nitrogens with zero attached hydrogens (tertiary/aromatic N) is 2. The van der Waals surface area contributed by atoms with Crippen LogP contribution in [0.25, 0.3) is 0 Å². The van der Waals surface area contributed by atoms with Crippen LogP contribution in [0.15, 0.2) is 12.3 Å². The van der Waals surface area contributed by atoms with E-state index in [9.17, 15) is 4.79 Å². The number of carboxylic acid groups (broad SMARTS) is 1. The molecule has 0 aliphatic carbocycles. The van der Waals surface area contributed by atoms with Crippen molar-refractivity contribution in [2.75, 3.05) is 23.7 Å². The maximum atomic E-state index is 10.9. The molecule has 0 amide bonds. The molecule has 1 rings (SSSR count). The number of carboxylic acids is 1. The van der Waals surface area contributed by atoms with Crippen molar-refractivity contribution in [2.24, 2.45) is 0 Å². The summed E-state index contributed by atoms with van der Waals surface area (Å²) < 4.78 is 0. The van der Waals surface area contributed by atoms with E-state index in [1.807, 2.05) is 11.8 Å². The molecule has 1 aromatic rings. The highest BCUT2D eigenvalue weighted by molar-refractivity contribution is 5.94. The summed E-state index contributed by atoms with van der Waals surface area (Å²) in [6.45, 7) is 5.72. The lowest BCUT2D eigenvalue weighted by Crippen LogP contribution is -2.25. The highest BCUT2D eigenvalue weighted by atomic mass is 16.4. The Bertz CT molecular complexity index is 379. The number of nitrogens with two attached hydrogens (primary N) is 1. The zero-order valence-electron chi connectivity index (χ0n) is 9.60. The molecule has 1 aromatic heterocycles. The second-order valence-corrected chi connectivity index (χ2v) is 3.51. The van der Waals surface area contributed by atoms with E-state index in [1.54, 1.807) is 0 Å². The molecule has 0 bridgehead atoms. The minimum Gasteiger partial charge on any atom is -0.478 e. The molecule has 5 nitrogen and oxygen atoms in total. The molecule has 0 aromatic carbocycles. The molecule has 0 aliphatic heterocycles. The van der Waals surface area contributed by atoms with Gasteiger partial charge in [0.15, 0.2) is 0 Å². The van der Waals surface area contributed by atoms with Gasteiger partial charge in [0.2, 0.25) is 0 Å². The van der Waals surface area contributed by atoms with Crippen molar-refractivity contribution in [1.29, 1.82) is 0 Å². The van der Waals surface area contributed by atoms with Crippen LogP contribution >= 0.6 is 0 Å². The minimum atomic E-state index is -1.02. The maximum absolute atomic E-state index is 10.9.